The van der Waals surface area contributed by atoms with Crippen LogP contribution in [0.25, 0.3) is 0 Å². The molecule has 0 unspecified atom stereocenters. The van der Waals surface area contributed by atoms with Gasteiger partial charge in [0, 0.05) is 10.0 Å². The summed E-state index contributed by atoms with van der Waals surface area (Å²) < 4.78 is 11.9. The lowest BCUT2D eigenvalue weighted by Gasteiger charge is -2.21. The van der Waals surface area contributed by atoms with Crippen LogP contribution in [0.4, 0.5) is 0 Å². The number of hydrogen-bond donors (Lipinski definition) is 1. The van der Waals surface area contributed by atoms with Crippen LogP contribution in [0.1, 0.15) is 32.3 Å². The zero-order valence-corrected chi connectivity index (χ0v) is 12.8. The molecule has 1 aliphatic rings. The van der Waals surface area contributed by atoms with Gasteiger partial charge in [0.25, 0.3) is 0 Å². The number of hydrogen-bond acceptors (Lipinski definition) is 3. The molecule has 2 rings (SSSR count). The van der Waals surface area contributed by atoms with Crippen molar-refractivity contribution in [3.8, 4) is 11.5 Å². The molecule has 0 spiro atoms. The van der Waals surface area contributed by atoms with Gasteiger partial charge in [0.1, 0.15) is 0 Å². The second-order valence-corrected chi connectivity index (χ2v) is 5.95. The number of carbonyl (C=O) groups is 1. The largest absolute Gasteiger partial charge is 0.493 e. The van der Waals surface area contributed by atoms with Gasteiger partial charge in [-0.15, -0.1) is 0 Å². The molecule has 0 aliphatic heterocycles. The Bertz CT molecular complexity index is 506. The molecular weight excluding hydrogens is 312 g/mol. The Balaban J connectivity index is 2.58. The quantitative estimate of drug-likeness (QED) is 0.900. The Morgan fingerprint density at radius 2 is 2.05 bits per heavy atom. The van der Waals surface area contributed by atoms with Crippen LogP contribution in [0.2, 0.25) is 0 Å². The number of rotatable bonds is 5. The van der Waals surface area contributed by atoms with E-state index in [0.29, 0.717) is 29.9 Å². The van der Waals surface area contributed by atoms with Gasteiger partial charge in [0.05, 0.1) is 18.6 Å². The van der Waals surface area contributed by atoms with Crippen molar-refractivity contribution in [2.24, 2.45) is 0 Å². The fourth-order valence-corrected chi connectivity index (χ4v) is 2.59. The standard InChI is InChI=1S/C14H17BrO4/c1-8(2)19-12-10(14(4-5-14)13(16)17)6-9(15)7-11(12)18-3/h6-8H,4-5H2,1-3H3,(H,16,17). The van der Waals surface area contributed by atoms with E-state index in [1.165, 1.54) is 0 Å². The molecule has 0 atom stereocenters. The summed E-state index contributed by atoms with van der Waals surface area (Å²) in [4.78, 5) is 11.5. The minimum Gasteiger partial charge on any atom is -0.493 e. The van der Waals surface area contributed by atoms with Crippen LogP contribution >= 0.6 is 15.9 Å². The highest BCUT2D eigenvalue weighted by molar-refractivity contribution is 9.10. The number of halogens is 1. The Morgan fingerprint density at radius 3 is 2.47 bits per heavy atom. The molecule has 0 bridgehead atoms. The molecule has 0 saturated heterocycles. The summed E-state index contributed by atoms with van der Waals surface area (Å²) in [7, 11) is 1.55. The van der Waals surface area contributed by atoms with Gasteiger partial charge in [-0.2, -0.15) is 0 Å². The van der Waals surface area contributed by atoms with E-state index in [0.717, 1.165) is 4.47 Å². The van der Waals surface area contributed by atoms with Gasteiger partial charge in [-0.05, 0) is 38.8 Å². The summed E-state index contributed by atoms with van der Waals surface area (Å²) >= 11 is 3.40. The molecule has 5 heteroatoms. The molecule has 1 aromatic rings. The highest BCUT2D eigenvalue weighted by Crippen LogP contribution is 2.54. The van der Waals surface area contributed by atoms with E-state index >= 15 is 0 Å². The Hall–Kier alpha value is -1.23. The van der Waals surface area contributed by atoms with E-state index in [1.54, 1.807) is 13.2 Å². The normalized spacial score (nSPS) is 16.3. The first-order chi connectivity index (χ1) is 8.90. The van der Waals surface area contributed by atoms with E-state index in [4.69, 9.17) is 9.47 Å². The molecule has 104 valence electrons. The van der Waals surface area contributed by atoms with Gasteiger partial charge >= 0.3 is 5.97 Å². The predicted molar refractivity (Wildman–Crippen MR) is 75.0 cm³/mol. The van der Waals surface area contributed by atoms with E-state index < -0.39 is 11.4 Å². The molecule has 1 aliphatic carbocycles. The third-order valence-electron chi connectivity index (χ3n) is 3.27. The average Bonchev–Trinajstić information content (AvgIpc) is 3.11. The minimum atomic E-state index is -0.818. The van der Waals surface area contributed by atoms with Crippen LogP contribution in [0.5, 0.6) is 11.5 Å². The SMILES string of the molecule is COc1cc(Br)cc(C2(C(=O)O)CC2)c1OC(C)C. The molecule has 0 aromatic heterocycles. The summed E-state index contributed by atoms with van der Waals surface area (Å²) in [5, 5.41) is 9.46. The molecule has 1 saturated carbocycles. The molecule has 0 heterocycles. The number of carboxylic acid groups (broad SMARTS) is 1. The Morgan fingerprint density at radius 1 is 1.42 bits per heavy atom. The van der Waals surface area contributed by atoms with Crippen molar-refractivity contribution in [2.75, 3.05) is 7.11 Å². The van der Waals surface area contributed by atoms with Gasteiger partial charge in [-0.25, -0.2) is 0 Å². The van der Waals surface area contributed by atoms with Crippen LogP contribution in [-0.4, -0.2) is 24.3 Å². The summed E-state index contributed by atoms with van der Waals surface area (Å²) in [6.07, 6.45) is 1.23. The van der Waals surface area contributed by atoms with Crippen LogP contribution in [-0.2, 0) is 10.2 Å². The monoisotopic (exact) mass is 328 g/mol. The van der Waals surface area contributed by atoms with Crippen molar-refractivity contribution in [2.45, 2.75) is 38.2 Å². The van der Waals surface area contributed by atoms with Gasteiger partial charge in [-0.3, -0.25) is 4.79 Å². The van der Waals surface area contributed by atoms with Crippen molar-refractivity contribution < 1.29 is 19.4 Å². The second-order valence-electron chi connectivity index (χ2n) is 5.04. The zero-order valence-electron chi connectivity index (χ0n) is 11.2. The molecule has 1 fully saturated rings. The second kappa shape index (κ2) is 5.04. The number of methoxy groups -OCH3 is 1. The maximum Gasteiger partial charge on any atom is 0.314 e. The number of carboxylic acids is 1. The lowest BCUT2D eigenvalue weighted by molar-refractivity contribution is -0.140. The first-order valence-corrected chi connectivity index (χ1v) is 6.98. The maximum atomic E-state index is 11.5. The molecule has 4 nitrogen and oxygen atoms in total. The lowest BCUT2D eigenvalue weighted by atomic mass is 9.94. The number of aliphatic carboxylic acids is 1. The lowest BCUT2D eigenvalue weighted by Crippen LogP contribution is -2.22. The first-order valence-electron chi connectivity index (χ1n) is 6.19. The summed E-state index contributed by atoms with van der Waals surface area (Å²) in [6, 6.07) is 3.61. The summed E-state index contributed by atoms with van der Waals surface area (Å²) in [5.74, 6) is 0.299. The molecule has 1 N–H and O–H groups in total. The van der Waals surface area contributed by atoms with Crippen molar-refractivity contribution in [3.63, 3.8) is 0 Å². The number of benzene rings is 1. The highest BCUT2D eigenvalue weighted by atomic mass is 79.9. The third-order valence-corrected chi connectivity index (χ3v) is 3.73. The van der Waals surface area contributed by atoms with E-state index in [9.17, 15) is 9.90 Å². The van der Waals surface area contributed by atoms with Crippen LogP contribution in [0.15, 0.2) is 16.6 Å². The van der Waals surface area contributed by atoms with Crippen molar-refractivity contribution in [1.29, 1.82) is 0 Å². The Labute approximate surface area is 120 Å². The van der Waals surface area contributed by atoms with E-state index in [2.05, 4.69) is 15.9 Å². The van der Waals surface area contributed by atoms with Gasteiger partial charge in [0.15, 0.2) is 11.5 Å². The van der Waals surface area contributed by atoms with Crippen molar-refractivity contribution in [1.82, 2.24) is 0 Å². The van der Waals surface area contributed by atoms with Crippen LogP contribution in [0, 0.1) is 0 Å². The van der Waals surface area contributed by atoms with Gasteiger partial charge < -0.3 is 14.6 Å². The summed E-state index contributed by atoms with van der Waals surface area (Å²) in [5.41, 5.74) is -0.124. The topological polar surface area (TPSA) is 55.8 Å². The summed E-state index contributed by atoms with van der Waals surface area (Å²) in [6.45, 7) is 3.82. The van der Waals surface area contributed by atoms with Crippen LogP contribution in [0.3, 0.4) is 0 Å². The van der Waals surface area contributed by atoms with Gasteiger partial charge in [-0.1, -0.05) is 15.9 Å². The smallest absolute Gasteiger partial charge is 0.314 e. The number of ether oxygens (including phenoxy) is 2. The van der Waals surface area contributed by atoms with Crippen molar-refractivity contribution in [3.05, 3.63) is 22.2 Å². The molecule has 0 amide bonds. The Kier molecular flexibility index (Phi) is 3.76. The fraction of sp³-hybridized carbons (Fsp3) is 0.500. The molecular formula is C14H17BrO4. The third kappa shape index (κ3) is 2.56. The average molecular weight is 329 g/mol. The maximum absolute atomic E-state index is 11.5. The molecule has 1 aromatic carbocycles. The highest BCUT2D eigenvalue weighted by Gasteiger charge is 2.54. The van der Waals surface area contributed by atoms with E-state index in [1.807, 2.05) is 19.9 Å². The van der Waals surface area contributed by atoms with Gasteiger partial charge in [0.2, 0.25) is 0 Å². The van der Waals surface area contributed by atoms with Crippen molar-refractivity contribution >= 4 is 21.9 Å². The molecule has 19 heavy (non-hydrogen) atoms. The van der Waals surface area contributed by atoms with E-state index in [-0.39, 0.29) is 6.10 Å². The first kappa shape index (κ1) is 14.2. The fourth-order valence-electron chi connectivity index (χ4n) is 2.16. The van der Waals surface area contributed by atoms with Crippen LogP contribution < -0.4 is 9.47 Å². The predicted octanol–water partition coefficient (Wildman–Crippen LogP) is 3.36. The zero-order chi connectivity index (χ0) is 14.2. The minimum absolute atomic E-state index is 0.0431. The molecule has 0 radical (unpaired) electrons.